The van der Waals surface area contributed by atoms with Crippen LogP contribution >= 0.6 is 34.4 Å². The van der Waals surface area contributed by atoms with E-state index in [0.717, 1.165) is 0 Å². The van der Waals surface area contributed by atoms with Crippen molar-refractivity contribution in [3.8, 4) is 22.3 Å². The van der Waals surface area contributed by atoms with Gasteiger partial charge in [-0.1, -0.05) is 102 Å². The summed E-state index contributed by atoms with van der Waals surface area (Å²) in [5, 5.41) is 4.42. The standard InChI is InChI=1S/C28H30S3/c1-27(2,3)21-11-7-19(8-12-21)23-15-17-29-25(23)31-26-24(16-18-30-26)20-9-13-22(14-10-20)28(4,5)6/h7-18H,1-6H3. The van der Waals surface area contributed by atoms with E-state index in [1.54, 1.807) is 0 Å². The van der Waals surface area contributed by atoms with Crippen LogP contribution in [0, 0.1) is 0 Å². The van der Waals surface area contributed by atoms with Crippen LogP contribution in [0.2, 0.25) is 0 Å². The molecule has 0 aliphatic heterocycles. The predicted molar refractivity (Wildman–Crippen MR) is 141 cm³/mol. The zero-order valence-corrected chi connectivity index (χ0v) is 21.6. The lowest BCUT2D eigenvalue weighted by Crippen LogP contribution is -2.10. The van der Waals surface area contributed by atoms with E-state index < -0.39 is 0 Å². The van der Waals surface area contributed by atoms with Gasteiger partial charge in [-0.25, -0.2) is 0 Å². The molecule has 0 aliphatic rings. The second-order valence-corrected chi connectivity index (χ2v) is 13.4. The first kappa shape index (κ1) is 22.4. The molecule has 0 saturated carbocycles. The zero-order valence-electron chi connectivity index (χ0n) is 19.2. The Morgan fingerprint density at radius 3 is 1.19 bits per heavy atom. The minimum atomic E-state index is 0.180. The maximum atomic E-state index is 2.27. The highest BCUT2D eigenvalue weighted by Crippen LogP contribution is 2.46. The van der Waals surface area contributed by atoms with Gasteiger partial charge in [-0.15, -0.1) is 22.7 Å². The van der Waals surface area contributed by atoms with Crippen molar-refractivity contribution in [2.45, 2.75) is 60.8 Å². The van der Waals surface area contributed by atoms with Crippen molar-refractivity contribution in [3.63, 3.8) is 0 Å². The van der Waals surface area contributed by atoms with Gasteiger partial charge in [0.25, 0.3) is 0 Å². The molecule has 4 rings (SSSR count). The number of benzene rings is 2. The highest BCUT2D eigenvalue weighted by atomic mass is 32.2. The van der Waals surface area contributed by atoms with Gasteiger partial charge < -0.3 is 0 Å². The van der Waals surface area contributed by atoms with Crippen molar-refractivity contribution >= 4 is 34.4 Å². The summed E-state index contributed by atoms with van der Waals surface area (Å²) in [6, 6.07) is 22.7. The Labute approximate surface area is 199 Å². The smallest absolute Gasteiger partial charge is 0.0732 e. The highest BCUT2D eigenvalue weighted by Gasteiger charge is 2.17. The molecule has 0 aliphatic carbocycles. The van der Waals surface area contributed by atoms with Gasteiger partial charge in [-0.3, -0.25) is 0 Å². The lowest BCUT2D eigenvalue weighted by Gasteiger charge is -2.19. The van der Waals surface area contributed by atoms with E-state index in [9.17, 15) is 0 Å². The molecule has 2 aromatic heterocycles. The van der Waals surface area contributed by atoms with E-state index in [1.807, 2.05) is 34.4 Å². The molecule has 0 N–H and O–H groups in total. The molecule has 2 aromatic carbocycles. The summed E-state index contributed by atoms with van der Waals surface area (Å²) in [6.45, 7) is 13.6. The third-order valence-corrected chi connectivity index (χ3v) is 8.87. The van der Waals surface area contributed by atoms with Crippen LogP contribution in [0.15, 0.2) is 79.8 Å². The number of rotatable bonds is 4. The molecule has 2 heterocycles. The second-order valence-electron chi connectivity index (χ2n) is 10.0. The maximum absolute atomic E-state index is 2.27. The number of thiophene rings is 2. The molecule has 0 saturated heterocycles. The molecule has 0 spiro atoms. The predicted octanol–water partition coefficient (Wildman–Crippen LogP) is 9.89. The minimum absolute atomic E-state index is 0.180. The number of hydrogen-bond acceptors (Lipinski definition) is 3. The Morgan fingerprint density at radius 1 is 0.516 bits per heavy atom. The van der Waals surface area contributed by atoms with Crippen LogP contribution in [0.25, 0.3) is 22.3 Å². The van der Waals surface area contributed by atoms with Crippen molar-refractivity contribution in [2.24, 2.45) is 0 Å². The third kappa shape index (κ3) is 5.00. The van der Waals surface area contributed by atoms with Gasteiger partial charge in [0, 0.05) is 11.1 Å². The Hall–Kier alpha value is -1.81. The normalized spacial score (nSPS) is 12.3. The molecule has 31 heavy (non-hydrogen) atoms. The van der Waals surface area contributed by atoms with E-state index in [4.69, 9.17) is 0 Å². The van der Waals surface area contributed by atoms with Crippen LogP contribution in [0.4, 0.5) is 0 Å². The molecule has 0 bridgehead atoms. The molecule has 0 nitrogen and oxygen atoms in total. The SMILES string of the molecule is CC(C)(C)c1ccc(-c2ccsc2Sc2sccc2-c2ccc(C(C)(C)C)cc2)cc1. The number of hydrogen-bond donors (Lipinski definition) is 0. The molecule has 3 heteroatoms. The first-order chi connectivity index (χ1) is 14.6. The lowest BCUT2D eigenvalue weighted by atomic mass is 9.86. The average Bonchev–Trinajstić information content (AvgIpc) is 3.37. The second kappa shape index (κ2) is 8.61. The Morgan fingerprint density at radius 2 is 0.871 bits per heavy atom. The quantitative estimate of drug-likeness (QED) is 0.291. The van der Waals surface area contributed by atoms with Gasteiger partial charge in [0.2, 0.25) is 0 Å². The van der Waals surface area contributed by atoms with Crippen LogP contribution < -0.4 is 0 Å². The van der Waals surface area contributed by atoms with Gasteiger partial charge in [0.15, 0.2) is 0 Å². The topological polar surface area (TPSA) is 0 Å². The first-order valence-corrected chi connectivity index (χ1v) is 13.3. The molecule has 4 aromatic rings. The molecular formula is C28H30S3. The van der Waals surface area contributed by atoms with E-state index >= 15 is 0 Å². The van der Waals surface area contributed by atoms with Crippen molar-refractivity contribution in [1.29, 1.82) is 0 Å². The van der Waals surface area contributed by atoms with Crippen LogP contribution in [0.5, 0.6) is 0 Å². The zero-order chi connectivity index (χ0) is 22.2. The average molecular weight is 463 g/mol. The fourth-order valence-corrected chi connectivity index (χ4v) is 6.98. The Kier molecular flexibility index (Phi) is 6.22. The van der Waals surface area contributed by atoms with E-state index in [2.05, 4.69) is 113 Å². The Bertz CT molecular complexity index is 1050. The summed E-state index contributed by atoms with van der Waals surface area (Å²) in [7, 11) is 0. The first-order valence-electron chi connectivity index (χ1n) is 10.7. The van der Waals surface area contributed by atoms with Crippen molar-refractivity contribution in [1.82, 2.24) is 0 Å². The van der Waals surface area contributed by atoms with E-state index in [1.165, 1.54) is 41.8 Å². The molecule has 0 amide bonds. The van der Waals surface area contributed by atoms with Crippen molar-refractivity contribution in [3.05, 3.63) is 82.6 Å². The van der Waals surface area contributed by atoms with Crippen LogP contribution in [0.3, 0.4) is 0 Å². The van der Waals surface area contributed by atoms with Crippen molar-refractivity contribution < 1.29 is 0 Å². The summed E-state index contributed by atoms with van der Waals surface area (Å²) < 4.78 is 2.72. The molecule has 160 valence electrons. The van der Waals surface area contributed by atoms with Crippen LogP contribution in [0.1, 0.15) is 52.7 Å². The third-order valence-electron chi connectivity index (χ3n) is 5.57. The molecule has 0 fully saturated rings. The minimum Gasteiger partial charge on any atom is -0.136 e. The van der Waals surface area contributed by atoms with Crippen LogP contribution in [-0.2, 0) is 10.8 Å². The summed E-state index contributed by atoms with van der Waals surface area (Å²) in [4.78, 5) is 0. The monoisotopic (exact) mass is 462 g/mol. The molecule has 0 radical (unpaired) electrons. The summed E-state index contributed by atoms with van der Waals surface area (Å²) >= 11 is 5.56. The maximum Gasteiger partial charge on any atom is 0.0732 e. The summed E-state index contributed by atoms with van der Waals surface area (Å²) in [6.07, 6.45) is 0. The van der Waals surface area contributed by atoms with Crippen molar-refractivity contribution in [2.75, 3.05) is 0 Å². The van der Waals surface area contributed by atoms with Gasteiger partial charge in [0.05, 0.1) is 8.42 Å². The fraction of sp³-hybridized carbons (Fsp3) is 0.286. The summed E-state index contributed by atoms with van der Waals surface area (Å²) in [5.41, 5.74) is 8.36. The lowest BCUT2D eigenvalue weighted by molar-refractivity contribution is 0.590. The van der Waals surface area contributed by atoms with Gasteiger partial charge in [-0.2, -0.15) is 0 Å². The largest absolute Gasteiger partial charge is 0.136 e. The molecule has 0 atom stereocenters. The van der Waals surface area contributed by atoms with Gasteiger partial charge >= 0.3 is 0 Å². The van der Waals surface area contributed by atoms with E-state index in [0.29, 0.717) is 0 Å². The summed E-state index contributed by atoms with van der Waals surface area (Å²) in [5.74, 6) is 0. The highest BCUT2D eigenvalue weighted by molar-refractivity contribution is 8.03. The van der Waals surface area contributed by atoms with Crippen LogP contribution in [-0.4, -0.2) is 0 Å². The van der Waals surface area contributed by atoms with Gasteiger partial charge in [-0.05, 0) is 56.0 Å². The molecule has 0 unspecified atom stereocenters. The Balaban J connectivity index is 1.60. The fourth-order valence-electron chi connectivity index (χ4n) is 3.56. The van der Waals surface area contributed by atoms with Gasteiger partial charge in [0.1, 0.15) is 0 Å². The molecular weight excluding hydrogens is 433 g/mol. The van der Waals surface area contributed by atoms with E-state index in [-0.39, 0.29) is 10.8 Å².